The highest BCUT2D eigenvalue weighted by atomic mass is 16.5. The van der Waals surface area contributed by atoms with Gasteiger partial charge in [0.2, 0.25) is 0 Å². The lowest BCUT2D eigenvalue weighted by Gasteiger charge is -2.39. The molecular weight excluding hydrogens is 400 g/mol. The number of piperazine rings is 1. The van der Waals surface area contributed by atoms with E-state index in [2.05, 4.69) is 70.5 Å². The minimum Gasteiger partial charge on any atom is -0.493 e. The van der Waals surface area contributed by atoms with Crippen molar-refractivity contribution in [1.29, 1.82) is 0 Å². The predicted octanol–water partition coefficient (Wildman–Crippen LogP) is 4.29. The first-order valence-electron chi connectivity index (χ1n) is 11.0. The zero-order valence-electron chi connectivity index (χ0n) is 18.7. The van der Waals surface area contributed by atoms with Crippen molar-refractivity contribution in [3.05, 3.63) is 95.6 Å². The number of carbonyl (C=O) groups excluding carboxylic acids is 1. The molecule has 0 amide bonds. The fourth-order valence-electron chi connectivity index (χ4n) is 4.37. The molecule has 4 rings (SSSR count). The van der Waals surface area contributed by atoms with Gasteiger partial charge in [-0.1, -0.05) is 60.7 Å². The molecule has 0 bridgehead atoms. The van der Waals surface area contributed by atoms with Crippen LogP contribution in [0.4, 0.5) is 0 Å². The van der Waals surface area contributed by atoms with Crippen LogP contribution in [0.15, 0.2) is 78.9 Å². The van der Waals surface area contributed by atoms with Gasteiger partial charge in [-0.05, 0) is 29.3 Å². The monoisotopic (exact) mass is 430 g/mol. The number of Topliss-reactive ketones (excluding diaryl/α,β-unsaturated/α-hetero) is 1. The summed E-state index contributed by atoms with van der Waals surface area (Å²) in [6.07, 6.45) is 0. The van der Waals surface area contributed by atoms with Gasteiger partial charge in [0.25, 0.3) is 0 Å². The highest BCUT2D eigenvalue weighted by molar-refractivity contribution is 5.98. The Kier molecular flexibility index (Phi) is 7.20. The van der Waals surface area contributed by atoms with Crippen molar-refractivity contribution < 1.29 is 14.3 Å². The van der Waals surface area contributed by atoms with Crippen LogP contribution in [-0.4, -0.2) is 62.5 Å². The minimum absolute atomic E-state index is 0.0991. The molecule has 0 unspecified atom stereocenters. The number of methoxy groups -OCH3 is 2. The van der Waals surface area contributed by atoms with E-state index in [1.54, 1.807) is 32.4 Å². The number of ketones is 1. The first-order chi connectivity index (χ1) is 15.7. The molecule has 0 saturated carbocycles. The average Bonchev–Trinajstić information content (AvgIpc) is 2.86. The van der Waals surface area contributed by atoms with Crippen molar-refractivity contribution in [2.24, 2.45) is 0 Å². The smallest absolute Gasteiger partial charge is 0.176 e. The van der Waals surface area contributed by atoms with Gasteiger partial charge in [0.15, 0.2) is 17.3 Å². The summed E-state index contributed by atoms with van der Waals surface area (Å²) in [7, 11) is 3.18. The van der Waals surface area contributed by atoms with Gasteiger partial charge in [-0.2, -0.15) is 0 Å². The van der Waals surface area contributed by atoms with Crippen LogP contribution >= 0.6 is 0 Å². The Morgan fingerprint density at radius 1 is 0.781 bits per heavy atom. The van der Waals surface area contributed by atoms with E-state index >= 15 is 0 Å². The predicted molar refractivity (Wildman–Crippen MR) is 127 cm³/mol. The SMILES string of the molecule is COc1ccc(C(=O)CN2CCN(C(c3ccccc3)c3ccccc3)CC2)cc1OC. The molecule has 1 aliphatic heterocycles. The summed E-state index contributed by atoms with van der Waals surface area (Å²) >= 11 is 0. The summed E-state index contributed by atoms with van der Waals surface area (Å²) in [6.45, 7) is 3.94. The maximum Gasteiger partial charge on any atom is 0.176 e. The summed E-state index contributed by atoms with van der Waals surface area (Å²) < 4.78 is 10.6. The first kappa shape index (κ1) is 22.1. The second-order valence-corrected chi connectivity index (χ2v) is 8.03. The molecule has 0 radical (unpaired) electrons. The van der Waals surface area contributed by atoms with Gasteiger partial charge in [-0.3, -0.25) is 14.6 Å². The van der Waals surface area contributed by atoms with Crippen LogP contribution in [0.1, 0.15) is 27.5 Å². The molecule has 166 valence electrons. The van der Waals surface area contributed by atoms with E-state index < -0.39 is 0 Å². The van der Waals surface area contributed by atoms with Gasteiger partial charge in [-0.15, -0.1) is 0 Å². The van der Waals surface area contributed by atoms with Crippen LogP contribution in [0, 0.1) is 0 Å². The standard InChI is InChI=1S/C27H30N2O3/c1-31-25-14-13-23(19-26(25)32-2)24(30)20-28-15-17-29(18-16-28)27(21-9-5-3-6-10-21)22-11-7-4-8-12-22/h3-14,19,27H,15-18,20H2,1-2H3. The van der Waals surface area contributed by atoms with E-state index in [4.69, 9.17) is 9.47 Å². The number of rotatable bonds is 8. The van der Waals surface area contributed by atoms with Gasteiger partial charge in [0.1, 0.15) is 0 Å². The van der Waals surface area contributed by atoms with E-state index in [1.807, 2.05) is 0 Å². The third kappa shape index (κ3) is 5.01. The van der Waals surface area contributed by atoms with Crippen molar-refractivity contribution in [2.75, 3.05) is 46.9 Å². The van der Waals surface area contributed by atoms with Crippen LogP contribution in [0.25, 0.3) is 0 Å². The van der Waals surface area contributed by atoms with Crippen LogP contribution in [-0.2, 0) is 0 Å². The van der Waals surface area contributed by atoms with Crippen LogP contribution in [0.2, 0.25) is 0 Å². The van der Waals surface area contributed by atoms with Gasteiger partial charge in [-0.25, -0.2) is 0 Å². The van der Waals surface area contributed by atoms with E-state index in [-0.39, 0.29) is 11.8 Å². The molecule has 0 aliphatic carbocycles. The number of carbonyl (C=O) groups is 1. The second kappa shape index (κ2) is 10.4. The van der Waals surface area contributed by atoms with Crippen molar-refractivity contribution in [1.82, 2.24) is 9.80 Å². The Bertz CT molecular complexity index is 976. The quantitative estimate of drug-likeness (QED) is 0.499. The summed E-state index contributed by atoms with van der Waals surface area (Å²) in [4.78, 5) is 17.6. The lowest BCUT2D eigenvalue weighted by molar-refractivity contribution is 0.0807. The molecule has 0 N–H and O–H groups in total. The molecule has 1 heterocycles. The van der Waals surface area contributed by atoms with Crippen molar-refractivity contribution in [2.45, 2.75) is 6.04 Å². The summed E-state index contributed by atoms with van der Waals surface area (Å²) in [6, 6.07) is 26.9. The summed E-state index contributed by atoms with van der Waals surface area (Å²) in [5.41, 5.74) is 3.25. The summed E-state index contributed by atoms with van der Waals surface area (Å²) in [5, 5.41) is 0. The van der Waals surface area contributed by atoms with E-state index in [0.717, 1.165) is 26.2 Å². The molecule has 3 aromatic rings. The van der Waals surface area contributed by atoms with Crippen LogP contribution < -0.4 is 9.47 Å². The lowest BCUT2D eigenvalue weighted by Crippen LogP contribution is -2.49. The Morgan fingerprint density at radius 2 is 1.34 bits per heavy atom. The molecule has 32 heavy (non-hydrogen) atoms. The molecule has 1 saturated heterocycles. The maximum atomic E-state index is 12.9. The molecule has 5 nitrogen and oxygen atoms in total. The molecule has 0 atom stereocenters. The fourth-order valence-corrected chi connectivity index (χ4v) is 4.37. The number of ether oxygens (including phenoxy) is 2. The topological polar surface area (TPSA) is 42.0 Å². The van der Waals surface area contributed by atoms with E-state index in [9.17, 15) is 4.79 Å². The van der Waals surface area contributed by atoms with Gasteiger partial charge in [0, 0.05) is 31.7 Å². The molecular formula is C27H30N2O3. The lowest BCUT2D eigenvalue weighted by atomic mass is 9.96. The highest BCUT2D eigenvalue weighted by Crippen LogP contribution is 2.30. The molecule has 0 aromatic heterocycles. The average molecular weight is 431 g/mol. The molecule has 5 heteroatoms. The van der Waals surface area contributed by atoms with E-state index in [1.165, 1.54) is 11.1 Å². The number of nitrogens with zero attached hydrogens (tertiary/aromatic N) is 2. The van der Waals surface area contributed by atoms with Crippen molar-refractivity contribution in [3.63, 3.8) is 0 Å². The third-order valence-electron chi connectivity index (χ3n) is 6.08. The second-order valence-electron chi connectivity index (χ2n) is 8.03. The number of benzene rings is 3. The Morgan fingerprint density at radius 3 is 1.88 bits per heavy atom. The Hall–Kier alpha value is -3.15. The van der Waals surface area contributed by atoms with Crippen molar-refractivity contribution in [3.8, 4) is 11.5 Å². The zero-order chi connectivity index (χ0) is 22.3. The van der Waals surface area contributed by atoms with Gasteiger partial charge >= 0.3 is 0 Å². The molecule has 0 spiro atoms. The fraction of sp³-hybridized carbons (Fsp3) is 0.296. The summed E-state index contributed by atoms with van der Waals surface area (Å²) in [5.74, 6) is 1.31. The Balaban J connectivity index is 1.42. The van der Waals surface area contributed by atoms with Crippen LogP contribution in [0.3, 0.4) is 0 Å². The maximum absolute atomic E-state index is 12.9. The largest absolute Gasteiger partial charge is 0.493 e. The first-order valence-corrected chi connectivity index (χ1v) is 11.0. The molecule has 1 aliphatic rings. The van der Waals surface area contributed by atoms with Crippen LogP contribution in [0.5, 0.6) is 11.5 Å². The van der Waals surface area contributed by atoms with E-state index in [0.29, 0.717) is 23.6 Å². The normalized spacial score (nSPS) is 15.0. The van der Waals surface area contributed by atoms with Crippen molar-refractivity contribution >= 4 is 5.78 Å². The molecule has 3 aromatic carbocycles. The highest BCUT2D eigenvalue weighted by Gasteiger charge is 2.27. The minimum atomic E-state index is 0.0991. The van der Waals surface area contributed by atoms with Gasteiger partial charge in [0.05, 0.1) is 26.8 Å². The van der Waals surface area contributed by atoms with Gasteiger partial charge < -0.3 is 9.47 Å². The third-order valence-corrected chi connectivity index (χ3v) is 6.08. The Labute approximate surface area is 190 Å². The number of hydrogen-bond donors (Lipinski definition) is 0. The molecule has 1 fully saturated rings. The zero-order valence-corrected chi connectivity index (χ0v) is 18.7. The number of hydrogen-bond acceptors (Lipinski definition) is 5.